The van der Waals surface area contributed by atoms with Crippen LogP contribution in [0, 0.1) is 0 Å². The molecule has 0 aliphatic carbocycles. The minimum atomic E-state index is -0.725. The van der Waals surface area contributed by atoms with Crippen molar-refractivity contribution in [2.75, 3.05) is 0 Å². The standard InChI is InChI=1S/C26H42O4/c1-3-5-7-9-11-13-18-22-25(27)30-26(28)24(21-17-12-10-8-6-4-2)29-23-19-15-14-16-20-23/h14-16,19-20,24H,3-13,17-18,21-22H2,1-2H3. The largest absolute Gasteiger partial charge is 0.479 e. The molecule has 0 heterocycles. The van der Waals surface area contributed by atoms with Gasteiger partial charge in [-0.1, -0.05) is 103 Å². The van der Waals surface area contributed by atoms with Gasteiger partial charge < -0.3 is 9.47 Å². The van der Waals surface area contributed by atoms with Crippen molar-refractivity contribution in [1.82, 2.24) is 0 Å². The van der Waals surface area contributed by atoms with Crippen LogP contribution in [-0.2, 0) is 14.3 Å². The van der Waals surface area contributed by atoms with Crippen LogP contribution in [0.5, 0.6) is 5.75 Å². The topological polar surface area (TPSA) is 52.6 Å². The highest BCUT2D eigenvalue weighted by Gasteiger charge is 2.24. The lowest BCUT2D eigenvalue weighted by Crippen LogP contribution is -2.31. The molecule has 4 heteroatoms. The third-order valence-corrected chi connectivity index (χ3v) is 5.30. The summed E-state index contributed by atoms with van der Waals surface area (Å²) in [7, 11) is 0. The van der Waals surface area contributed by atoms with Crippen LogP contribution in [0.1, 0.15) is 110 Å². The minimum absolute atomic E-state index is 0.300. The van der Waals surface area contributed by atoms with Gasteiger partial charge in [0.05, 0.1) is 0 Å². The SMILES string of the molecule is CCCCCCCCCC(=O)OC(=O)C(CCCCCCCC)Oc1ccccc1. The van der Waals surface area contributed by atoms with Crippen molar-refractivity contribution in [3.63, 3.8) is 0 Å². The highest BCUT2D eigenvalue weighted by Crippen LogP contribution is 2.17. The molecule has 0 spiro atoms. The van der Waals surface area contributed by atoms with E-state index in [0.717, 1.165) is 38.5 Å². The zero-order chi connectivity index (χ0) is 21.9. The Balaban J connectivity index is 2.38. The first-order chi connectivity index (χ1) is 14.7. The van der Waals surface area contributed by atoms with E-state index in [-0.39, 0.29) is 0 Å². The number of ether oxygens (including phenoxy) is 2. The maximum Gasteiger partial charge on any atom is 0.354 e. The summed E-state index contributed by atoms with van der Waals surface area (Å²) in [4.78, 5) is 24.7. The molecule has 4 nitrogen and oxygen atoms in total. The zero-order valence-corrected chi connectivity index (χ0v) is 19.2. The smallest absolute Gasteiger partial charge is 0.354 e. The number of para-hydroxylation sites is 1. The van der Waals surface area contributed by atoms with Gasteiger partial charge in [0.1, 0.15) is 5.75 Å². The van der Waals surface area contributed by atoms with Gasteiger partial charge in [-0.25, -0.2) is 4.79 Å². The molecule has 0 fully saturated rings. The molecule has 0 radical (unpaired) electrons. The Labute approximate surface area is 183 Å². The van der Waals surface area contributed by atoms with Gasteiger partial charge in [0, 0.05) is 6.42 Å². The fraction of sp³-hybridized carbons (Fsp3) is 0.692. The lowest BCUT2D eigenvalue weighted by Gasteiger charge is -2.17. The first-order valence-electron chi connectivity index (χ1n) is 12.1. The second-order valence-corrected chi connectivity index (χ2v) is 8.14. The molecule has 1 rings (SSSR count). The molecular formula is C26H42O4. The van der Waals surface area contributed by atoms with E-state index in [2.05, 4.69) is 13.8 Å². The number of benzene rings is 1. The Morgan fingerprint density at radius 1 is 0.733 bits per heavy atom. The van der Waals surface area contributed by atoms with Gasteiger partial charge in [-0.2, -0.15) is 0 Å². The Hall–Kier alpha value is -1.84. The predicted molar refractivity (Wildman–Crippen MR) is 123 cm³/mol. The highest BCUT2D eigenvalue weighted by atomic mass is 16.6. The number of carbonyl (C=O) groups is 2. The summed E-state index contributed by atoms with van der Waals surface area (Å²) in [6, 6.07) is 9.28. The molecule has 1 unspecified atom stereocenters. The van der Waals surface area contributed by atoms with E-state index in [1.54, 1.807) is 0 Å². The number of hydrogen-bond acceptors (Lipinski definition) is 4. The molecule has 0 aliphatic heterocycles. The average molecular weight is 419 g/mol. The molecular weight excluding hydrogens is 376 g/mol. The maximum absolute atomic E-state index is 12.6. The van der Waals surface area contributed by atoms with Crippen LogP contribution in [0.15, 0.2) is 30.3 Å². The van der Waals surface area contributed by atoms with E-state index in [1.807, 2.05) is 30.3 Å². The summed E-state index contributed by atoms with van der Waals surface area (Å²) >= 11 is 0. The van der Waals surface area contributed by atoms with Gasteiger partial charge in [-0.05, 0) is 31.4 Å². The van der Waals surface area contributed by atoms with Gasteiger partial charge in [0.15, 0.2) is 6.10 Å². The van der Waals surface area contributed by atoms with E-state index in [9.17, 15) is 9.59 Å². The van der Waals surface area contributed by atoms with Crippen molar-refractivity contribution in [2.45, 2.75) is 116 Å². The van der Waals surface area contributed by atoms with E-state index >= 15 is 0 Å². The van der Waals surface area contributed by atoms with Crippen molar-refractivity contribution >= 4 is 11.9 Å². The van der Waals surface area contributed by atoms with Crippen LogP contribution in [0.4, 0.5) is 0 Å². The quantitative estimate of drug-likeness (QED) is 0.142. The van der Waals surface area contributed by atoms with Crippen LogP contribution >= 0.6 is 0 Å². The second-order valence-electron chi connectivity index (χ2n) is 8.14. The Bertz CT molecular complexity index is 555. The summed E-state index contributed by atoms with van der Waals surface area (Å²) in [6.07, 6.45) is 14.9. The molecule has 0 aliphatic rings. The first-order valence-corrected chi connectivity index (χ1v) is 12.1. The van der Waals surface area contributed by atoms with E-state index < -0.39 is 18.0 Å². The van der Waals surface area contributed by atoms with E-state index in [4.69, 9.17) is 9.47 Å². The Morgan fingerprint density at radius 2 is 1.27 bits per heavy atom. The fourth-order valence-corrected chi connectivity index (χ4v) is 3.45. The summed E-state index contributed by atoms with van der Waals surface area (Å²) in [6.45, 7) is 4.40. The van der Waals surface area contributed by atoms with E-state index in [0.29, 0.717) is 18.6 Å². The van der Waals surface area contributed by atoms with Crippen molar-refractivity contribution in [2.24, 2.45) is 0 Å². The van der Waals surface area contributed by atoms with Crippen molar-refractivity contribution < 1.29 is 19.1 Å². The van der Waals surface area contributed by atoms with Gasteiger partial charge in [0.2, 0.25) is 0 Å². The number of esters is 2. The molecule has 0 N–H and O–H groups in total. The molecule has 1 aromatic rings. The monoisotopic (exact) mass is 418 g/mol. The average Bonchev–Trinajstić information content (AvgIpc) is 2.75. The van der Waals surface area contributed by atoms with Crippen LogP contribution < -0.4 is 4.74 Å². The van der Waals surface area contributed by atoms with Gasteiger partial charge >= 0.3 is 11.9 Å². The van der Waals surface area contributed by atoms with Crippen LogP contribution in [0.25, 0.3) is 0 Å². The normalized spacial score (nSPS) is 11.8. The van der Waals surface area contributed by atoms with Crippen LogP contribution in [0.2, 0.25) is 0 Å². The van der Waals surface area contributed by atoms with Crippen LogP contribution in [0.3, 0.4) is 0 Å². The van der Waals surface area contributed by atoms with Crippen molar-refractivity contribution in [1.29, 1.82) is 0 Å². The minimum Gasteiger partial charge on any atom is -0.479 e. The Kier molecular flexibility index (Phi) is 15.7. The number of hydrogen-bond donors (Lipinski definition) is 0. The number of rotatable bonds is 18. The molecule has 0 saturated carbocycles. The number of carbonyl (C=O) groups excluding carboxylic acids is 2. The first kappa shape index (κ1) is 26.2. The van der Waals surface area contributed by atoms with Crippen molar-refractivity contribution in [3.8, 4) is 5.75 Å². The lowest BCUT2D eigenvalue weighted by atomic mass is 10.1. The van der Waals surface area contributed by atoms with Gasteiger partial charge in [-0.15, -0.1) is 0 Å². The van der Waals surface area contributed by atoms with Gasteiger partial charge in [0.25, 0.3) is 0 Å². The summed E-state index contributed by atoms with van der Waals surface area (Å²) in [5, 5.41) is 0. The van der Waals surface area contributed by atoms with Crippen molar-refractivity contribution in [3.05, 3.63) is 30.3 Å². The van der Waals surface area contributed by atoms with Gasteiger partial charge in [-0.3, -0.25) is 4.79 Å². The maximum atomic E-state index is 12.6. The molecule has 1 atom stereocenters. The van der Waals surface area contributed by atoms with Crippen LogP contribution in [-0.4, -0.2) is 18.0 Å². The predicted octanol–water partition coefficient (Wildman–Crippen LogP) is 7.40. The zero-order valence-electron chi connectivity index (χ0n) is 19.2. The molecule has 170 valence electrons. The summed E-state index contributed by atoms with van der Waals surface area (Å²) < 4.78 is 11.0. The molecule has 0 amide bonds. The molecule has 1 aromatic carbocycles. The van der Waals surface area contributed by atoms with E-state index in [1.165, 1.54) is 44.9 Å². The molecule has 0 aromatic heterocycles. The molecule has 30 heavy (non-hydrogen) atoms. The fourth-order valence-electron chi connectivity index (χ4n) is 3.45. The molecule has 0 saturated heterocycles. The lowest BCUT2D eigenvalue weighted by molar-refractivity contribution is -0.165. The third kappa shape index (κ3) is 13.4. The number of unbranched alkanes of at least 4 members (excludes halogenated alkanes) is 11. The Morgan fingerprint density at radius 3 is 1.87 bits per heavy atom. The summed E-state index contributed by atoms with van der Waals surface area (Å²) in [5.41, 5.74) is 0. The highest BCUT2D eigenvalue weighted by molar-refractivity contribution is 5.88. The second kappa shape index (κ2) is 18.0. The summed E-state index contributed by atoms with van der Waals surface area (Å²) in [5.74, 6) is -0.358. The molecule has 0 bridgehead atoms. The third-order valence-electron chi connectivity index (χ3n) is 5.30.